The molecule has 0 atom stereocenters. The average Bonchev–Trinajstić information content (AvgIpc) is 2.48. The third kappa shape index (κ3) is 4.65. The summed E-state index contributed by atoms with van der Waals surface area (Å²) in [6, 6.07) is 10.6. The molecule has 6 heteroatoms. The van der Waals surface area contributed by atoms with E-state index >= 15 is 0 Å². The topological polar surface area (TPSA) is 63.2 Å². The molecule has 0 radical (unpaired) electrons. The molecule has 0 aliphatic rings. The van der Waals surface area contributed by atoms with Crippen molar-refractivity contribution in [3.05, 3.63) is 53.2 Å². The second-order valence-electron chi connectivity index (χ2n) is 4.25. The third-order valence-corrected chi connectivity index (χ3v) is 2.90. The van der Waals surface area contributed by atoms with E-state index in [-0.39, 0.29) is 6.03 Å². The minimum Gasteiger partial charge on any atom is -0.485 e. The predicted octanol–water partition coefficient (Wildman–Crippen LogP) is 3.46. The fraction of sp³-hybridized carbons (Fsp3) is 0.200. The first-order valence-electron chi connectivity index (χ1n) is 6.56. The van der Waals surface area contributed by atoms with Crippen molar-refractivity contribution >= 4 is 23.4 Å². The van der Waals surface area contributed by atoms with Crippen molar-refractivity contribution in [3.8, 4) is 5.75 Å². The molecule has 110 valence electrons. The zero-order chi connectivity index (χ0) is 15.1. The molecule has 0 aliphatic heterocycles. The van der Waals surface area contributed by atoms with Crippen LogP contribution in [0.4, 0.5) is 10.6 Å². The van der Waals surface area contributed by atoms with Gasteiger partial charge in [-0.1, -0.05) is 23.7 Å². The van der Waals surface area contributed by atoms with E-state index < -0.39 is 0 Å². The SMILES string of the molecule is CCNC(=O)Nc1ncccc1OCc1ccc(Cl)cc1. The zero-order valence-electron chi connectivity index (χ0n) is 11.6. The molecule has 2 aromatic rings. The number of hydrogen-bond donors (Lipinski definition) is 2. The minimum atomic E-state index is -0.312. The molecule has 0 saturated heterocycles. The quantitative estimate of drug-likeness (QED) is 0.889. The van der Waals surface area contributed by atoms with Crippen LogP contribution in [0.2, 0.25) is 5.02 Å². The van der Waals surface area contributed by atoms with Gasteiger partial charge in [0, 0.05) is 17.8 Å². The van der Waals surface area contributed by atoms with E-state index in [1.54, 1.807) is 30.5 Å². The lowest BCUT2D eigenvalue weighted by Gasteiger charge is -2.11. The Morgan fingerprint density at radius 2 is 2.05 bits per heavy atom. The highest BCUT2D eigenvalue weighted by molar-refractivity contribution is 6.30. The second-order valence-corrected chi connectivity index (χ2v) is 4.69. The first kappa shape index (κ1) is 15.1. The highest BCUT2D eigenvalue weighted by Gasteiger charge is 2.08. The van der Waals surface area contributed by atoms with Crippen molar-refractivity contribution in [2.45, 2.75) is 13.5 Å². The van der Waals surface area contributed by atoms with Gasteiger partial charge in [0.25, 0.3) is 0 Å². The number of anilines is 1. The molecule has 0 unspecified atom stereocenters. The van der Waals surface area contributed by atoms with Gasteiger partial charge >= 0.3 is 6.03 Å². The molecule has 2 amide bonds. The molecule has 2 N–H and O–H groups in total. The number of nitrogens with zero attached hydrogens (tertiary/aromatic N) is 1. The van der Waals surface area contributed by atoms with Crippen LogP contribution in [0.5, 0.6) is 5.75 Å². The van der Waals surface area contributed by atoms with Crippen LogP contribution in [-0.2, 0) is 6.61 Å². The highest BCUT2D eigenvalue weighted by atomic mass is 35.5. The molecule has 1 aromatic heterocycles. The Morgan fingerprint density at radius 1 is 1.29 bits per heavy atom. The van der Waals surface area contributed by atoms with E-state index in [2.05, 4.69) is 15.6 Å². The fourth-order valence-corrected chi connectivity index (χ4v) is 1.78. The van der Waals surface area contributed by atoms with Crippen molar-refractivity contribution in [2.24, 2.45) is 0 Å². The Hall–Kier alpha value is -2.27. The number of ether oxygens (including phenoxy) is 1. The van der Waals surface area contributed by atoms with E-state index in [1.165, 1.54) is 0 Å². The lowest BCUT2D eigenvalue weighted by Crippen LogP contribution is -2.28. The maximum absolute atomic E-state index is 11.5. The van der Waals surface area contributed by atoms with Crippen LogP contribution in [0.1, 0.15) is 12.5 Å². The van der Waals surface area contributed by atoms with Crippen molar-refractivity contribution < 1.29 is 9.53 Å². The van der Waals surface area contributed by atoms with Gasteiger partial charge in [0.05, 0.1) is 0 Å². The van der Waals surface area contributed by atoms with E-state index in [1.807, 2.05) is 19.1 Å². The van der Waals surface area contributed by atoms with Crippen LogP contribution in [0.3, 0.4) is 0 Å². The summed E-state index contributed by atoms with van der Waals surface area (Å²) < 4.78 is 5.69. The lowest BCUT2D eigenvalue weighted by molar-refractivity contribution is 0.252. The Morgan fingerprint density at radius 3 is 2.76 bits per heavy atom. The van der Waals surface area contributed by atoms with Crippen molar-refractivity contribution in [2.75, 3.05) is 11.9 Å². The van der Waals surface area contributed by atoms with E-state index in [0.29, 0.717) is 29.7 Å². The van der Waals surface area contributed by atoms with Gasteiger partial charge in [0.1, 0.15) is 6.61 Å². The number of pyridine rings is 1. The Balaban J connectivity index is 2.02. The average molecular weight is 306 g/mol. The van der Waals surface area contributed by atoms with Gasteiger partial charge in [-0.3, -0.25) is 5.32 Å². The Bertz CT molecular complexity index is 602. The van der Waals surface area contributed by atoms with Crippen LogP contribution >= 0.6 is 11.6 Å². The number of rotatable bonds is 5. The molecule has 0 saturated carbocycles. The van der Waals surface area contributed by atoms with Crippen molar-refractivity contribution in [1.29, 1.82) is 0 Å². The number of hydrogen-bond acceptors (Lipinski definition) is 3. The predicted molar refractivity (Wildman–Crippen MR) is 82.7 cm³/mol. The van der Waals surface area contributed by atoms with Crippen LogP contribution in [0, 0.1) is 0 Å². The summed E-state index contributed by atoms with van der Waals surface area (Å²) in [5, 5.41) is 5.97. The molecular formula is C15H16ClN3O2. The van der Waals surface area contributed by atoms with Crippen LogP contribution in [-0.4, -0.2) is 17.6 Å². The molecule has 1 aromatic carbocycles. The maximum Gasteiger partial charge on any atom is 0.320 e. The summed E-state index contributed by atoms with van der Waals surface area (Å²) in [5.41, 5.74) is 0.979. The Labute approximate surface area is 128 Å². The van der Waals surface area contributed by atoms with Crippen molar-refractivity contribution in [1.82, 2.24) is 10.3 Å². The lowest BCUT2D eigenvalue weighted by atomic mass is 10.2. The van der Waals surface area contributed by atoms with Crippen molar-refractivity contribution in [3.63, 3.8) is 0 Å². The summed E-state index contributed by atoms with van der Waals surface area (Å²) in [4.78, 5) is 15.7. The van der Waals surface area contributed by atoms with Gasteiger partial charge in [0.15, 0.2) is 11.6 Å². The molecule has 0 bridgehead atoms. The fourth-order valence-electron chi connectivity index (χ4n) is 1.65. The maximum atomic E-state index is 11.5. The molecule has 0 aliphatic carbocycles. The largest absolute Gasteiger partial charge is 0.485 e. The number of urea groups is 1. The molecule has 21 heavy (non-hydrogen) atoms. The number of halogens is 1. The van der Waals surface area contributed by atoms with Crippen LogP contribution in [0.25, 0.3) is 0 Å². The Kier molecular flexibility index (Phi) is 5.40. The molecular weight excluding hydrogens is 290 g/mol. The number of amides is 2. The standard InChI is InChI=1S/C15H16ClN3O2/c1-2-17-15(20)19-14-13(4-3-9-18-14)21-10-11-5-7-12(16)8-6-11/h3-9H,2,10H2,1H3,(H2,17,18,19,20). The van der Waals surface area contributed by atoms with Crippen LogP contribution in [0.15, 0.2) is 42.6 Å². The summed E-state index contributed by atoms with van der Waals surface area (Å²) in [7, 11) is 0. The smallest absolute Gasteiger partial charge is 0.320 e. The number of carbonyl (C=O) groups excluding carboxylic acids is 1. The molecule has 0 spiro atoms. The molecule has 2 rings (SSSR count). The summed E-state index contributed by atoms with van der Waals surface area (Å²) in [6.07, 6.45) is 1.59. The monoisotopic (exact) mass is 305 g/mol. The number of aromatic nitrogens is 1. The molecule has 1 heterocycles. The normalized spacial score (nSPS) is 10.0. The zero-order valence-corrected chi connectivity index (χ0v) is 12.4. The van der Waals surface area contributed by atoms with Gasteiger partial charge in [-0.25, -0.2) is 9.78 Å². The van der Waals surface area contributed by atoms with Gasteiger partial charge in [-0.2, -0.15) is 0 Å². The van der Waals surface area contributed by atoms with Gasteiger partial charge in [0.2, 0.25) is 0 Å². The second kappa shape index (κ2) is 7.50. The molecule has 0 fully saturated rings. The van der Waals surface area contributed by atoms with Crippen LogP contribution < -0.4 is 15.4 Å². The third-order valence-electron chi connectivity index (χ3n) is 2.65. The molecule has 5 nitrogen and oxygen atoms in total. The number of carbonyl (C=O) groups is 1. The summed E-state index contributed by atoms with van der Waals surface area (Å²) >= 11 is 5.84. The first-order valence-corrected chi connectivity index (χ1v) is 6.94. The van der Waals surface area contributed by atoms with E-state index in [4.69, 9.17) is 16.3 Å². The van der Waals surface area contributed by atoms with Gasteiger partial charge in [-0.05, 0) is 36.8 Å². The highest BCUT2D eigenvalue weighted by Crippen LogP contribution is 2.22. The summed E-state index contributed by atoms with van der Waals surface area (Å²) in [5.74, 6) is 0.899. The summed E-state index contributed by atoms with van der Waals surface area (Å²) in [6.45, 7) is 2.75. The van der Waals surface area contributed by atoms with Gasteiger partial charge in [-0.15, -0.1) is 0 Å². The first-order chi connectivity index (χ1) is 10.2. The van der Waals surface area contributed by atoms with E-state index in [0.717, 1.165) is 5.56 Å². The van der Waals surface area contributed by atoms with E-state index in [9.17, 15) is 4.79 Å². The van der Waals surface area contributed by atoms with Gasteiger partial charge < -0.3 is 10.1 Å². The minimum absolute atomic E-state index is 0.312. The number of nitrogens with one attached hydrogen (secondary N) is 2. The number of benzene rings is 1.